The lowest BCUT2D eigenvalue weighted by Crippen LogP contribution is -2.14. The molecule has 2 aromatic rings. The van der Waals surface area contributed by atoms with E-state index in [1.165, 1.54) is 31.0 Å². The molecular formula is C16H18F2N2O4S. The Labute approximate surface area is 147 Å². The van der Waals surface area contributed by atoms with Crippen LogP contribution in [0.1, 0.15) is 17.0 Å². The number of nitrogens with one attached hydrogen (secondary N) is 1. The Balaban J connectivity index is 1.91. The van der Waals surface area contributed by atoms with Gasteiger partial charge in [0.25, 0.3) is 0 Å². The third-order valence-corrected chi connectivity index (χ3v) is 4.28. The zero-order valence-corrected chi connectivity index (χ0v) is 14.8. The van der Waals surface area contributed by atoms with Gasteiger partial charge < -0.3 is 19.3 Å². The third kappa shape index (κ3) is 5.35. The molecule has 0 saturated heterocycles. The summed E-state index contributed by atoms with van der Waals surface area (Å²) in [7, 11) is 1.34. The first-order chi connectivity index (χ1) is 11.9. The fourth-order valence-corrected chi connectivity index (χ4v) is 3.07. The molecule has 0 spiro atoms. The van der Waals surface area contributed by atoms with Gasteiger partial charge in [0, 0.05) is 23.1 Å². The summed E-state index contributed by atoms with van der Waals surface area (Å²) in [5, 5.41) is 6.49. The zero-order valence-electron chi connectivity index (χ0n) is 14.0. The summed E-state index contributed by atoms with van der Waals surface area (Å²) in [6.07, 6.45) is 0. The zero-order chi connectivity index (χ0) is 18.4. The number of methoxy groups -OCH3 is 1. The summed E-state index contributed by atoms with van der Waals surface area (Å²) in [5.41, 5.74) is 2.11. The molecule has 0 aliphatic rings. The van der Waals surface area contributed by atoms with Crippen molar-refractivity contribution in [2.75, 3.05) is 18.2 Å². The minimum Gasteiger partial charge on any atom is -0.493 e. The van der Waals surface area contributed by atoms with Crippen molar-refractivity contribution >= 4 is 23.4 Å². The number of anilines is 1. The molecule has 136 valence electrons. The number of hydrogen-bond acceptors (Lipinski definition) is 6. The van der Waals surface area contributed by atoms with Crippen LogP contribution in [-0.2, 0) is 10.5 Å². The molecule has 1 N–H and O–H groups in total. The largest absolute Gasteiger partial charge is 0.493 e. The number of carbonyl (C=O) groups excluding carboxylic acids is 1. The van der Waals surface area contributed by atoms with Crippen molar-refractivity contribution in [3.05, 3.63) is 35.2 Å². The lowest BCUT2D eigenvalue weighted by molar-refractivity contribution is -0.113. The molecule has 0 aliphatic carbocycles. The van der Waals surface area contributed by atoms with Crippen molar-refractivity contribution in [2.45, 2.75) is 26.2 Å². The van der Waals surface area contributed by atoms with E-state index in [2.05, 4.69) is 15.2 Å². The van der Waals surface area contributed by atoms with Crippen LogP contribution < -0.4 is 14.8 Å². The van der Waals surface area contributed by atoms with Crippen LogP contribution in [0.15, 0.2) is 22.7 Å². The van der Waals surface area contributed by atoms with E-state index in [1.807, 2.05) is 13.8 Å². The minimum atomic E-state index is -2.98. The summed E-state index contributed by atoms with van der Waals surface area (Å²) in [4.78, 5) is 12.0. The number of halogens is 2. The van der Waals surface area contributed by atoms with E-state index in [0.29, 0.717) is 11.4 Å². The number of rotatable bonds is 8. The topological polar surface area (TPSA) is 73.6 Å². The van der Waals surface area contributed by atoms with Gasteiger partial charge in [-0.15, -0.1) is 11.8 Å². The molecule has 0 bridgehead atoms. The van der Waals surface area contributed by atoms with Crippen LogP contribution in [0.3, 0.4) is 0 Å². The van der Waals surface area contributed by atoms with Gasteiger partial charge in [0.1, 0.15) is 5.76 Å². The Morgan fingerprint density at radius 2 is 2.12 bits per heavy atom. The lowest BCUT2D eigenvalue weighted by Gasteiger charge is -2.12. The van der Waals surface area contributed by atoms with Gasteiger partial charge >= 0.3 is 6.61 Å². The third-order valence-electron chi connectivity index (χ3n) is 3.32. The fourth-order valence-electron chi connectivity index (χ4n) is 2.09. The van der Waals surface area contributed by atoms with Crippen molar-refractivity contribution in [3.63, 3.8) is 0 Å². The number of alkyl halides is 2. The molecule has 0 fully saturated rings. The quantitative estimate of drug-likeness (QED) is 0.760. The number of hydrogen-bond donors (Lipinski definition) is 1. The van der Waals surface area contributed by atoms with Gasteiger partial charge in [-0.3, -0.25) is 4.79 Å². The highest BCUT2D eigenvalue weighted by Crippen LogP contribution is 2.31. The van der Waals surface area contributed by atoms with E-state index in [4.69, 9.17) is 9.26 Å². The number of thioether (sulfide) groups is 1. The van der Waals surface area contributed by atoms with Crippen LogP contribution in [0, 0.1) is 13.8 Å². The van der Waals surface area contributed by atoms with E-state index in [1.54, 1.807) is 6.07 Å². The normalized spacial score (nSPS) is 10.8. The van der Waals surface area contributed by atoms with Crippen molar-refractivity contribution in [2.24, 2.45) is 0 Å². The average molecular weight is 372 g/mol. The lowest BCUT2D eigenvalue weighted by atomic mass is 10.2. The predicted octanol–water partition coefficient (Wildman–Crippen LogP) is 3.77. The molecule has 1 heterocycles. The summed E-state index contributed by atoms with van der Waals surface area (Å²) >= 11 is 1.40. The molecule has 6 nitrogen and oxygen atoms in total. The van der Waals surface area contributed by atoms with E-state index >= 15 is 0 Å². The minimum absolute atomic E-state index is 0.140. The maximum atomic E-state index is 12.4. The standard InChI is InChI=1S/C16H18F2N2O4S/c1-9-12(10(2)24-20-9)7-25-8-15(21)19-11-4-5-13(22-3)14(6-11)23-16(17)18/h4-6,16H,7-8H2,1-3H3,(H,19,21). The Morgan fingerprint density at radius 3 is 2.72 bits per heavy atom. The number of aryl methyl sites for hydroxylation is 2. The van der Waals surface area contributed by atoms with Gasteiger partial charge in [-0.05, 0) is 26.0 Å². The van der Waals surface area contributed by atoms with Crippen LogP contribution in [0.4, 0.5) is 14.5 Å². The van der Waals surface area contributed by atoms with Gasteiger partial charge in [-0.2, -0.15) is 8.78 Å². The van der Waals surface area contributed by atoms with Crippen LogP contribution in [-0.4, -0.2) is 30.5 Å². The molecule has 0 radical (unpaired) electrons. The van der Waals surface area contributed by atoms with Crippen LogP contribution in [0.25, 0.3) is 0 Å². The average Bonchev–Trinajstić information content (AvgIpc) is 2.86. The predicted molar refractivity (Wildman–Crippen MR) is 90.4 cm³/mol. The molecule has 1 aromatic heterocycles. The molecule has 2 rings (SSSR count). The highest BCUT2D eigenvalue weighted by Gasteiger charge is 2.13. The van der Waals surface area contributed by atoms with Gasteiger partial charge in [0.15, 0.2) is 11.5 Å². The molecule has 0 atom stereocenters. The van der Waals surface area contributed by atoms with Gasteiger partial charge in [0.05, 0.1) is 18.6 Å². The van der Waals surface area contributed by atoms with Crippen molar-refractivity contribution in [3.8, 4) is 11.5 Å². The molecule has 0 saturated carbocycles. The Hall–Kier alpha value is -2.29. The highest BCUT2D eigenvalue weighted by atomic mass is 32.2. The molecule has 0 aliphatic heterocycles. The number of amides is 1. The summed E-state index contributed by atoms with van der Waals surface area (Å²) in [6.45, 7) is 0.678. The SMILES string of the molecule is COc1ccc(NC(=O)CSCc2c(C)noc2C)cc1OC(F)F. The first-order valence-corrected chi connectivity index (χ1v) is 8.48. The second-order valence-corrected chi connectivity index (χ2v) is 6.07. The second-order valence-electron chi connectivity index (χ2n) is 5.09. The van der Waals surface area contributed by atoms with Crippen LogP contribution in [0.5, 0.6) is 11.5 Å². The number of benzene rings is 1. The monoisotopic (exact) mass is 372 g/mol. The summed E-state index contributed by atoms with van der Waals surface area (Å²) < 4.78 is 39.2. The number of aromatic nitrogens is 1. The maximum absolute atomic E-state index is 12.4. The number of ether oxygens (including phenoxy) is 2. The Bertz CT molecular complexity index is 717. The van der Waals surface area contributed by atoms with Crippen molar-refractivity contribution in [1.82, 2.24) is 5.16 Å². The summed E-state index contributed by atoms with van der Waals surface area (Å²) in [5.74, 6) is 1.28. The molecule has 1 aromatic carbocycles. The van der Waals surface area contributed by atoms with Crippen LogP contribution in [0.2, 0.25) is 0 Å². The smallest absolute Gasteiger partial charge is 0.387 e. The first-order valence-electron chi connectivity index (χ1n) is 7.33. The molecule has 9 heteroatoms. The maximum Gasteiger partial charge on any atom is 0.387 e. The Kier molecular flexibility index (Phi) is 6.63. The van der Waals surface area contributed by atoms with E-state index in [0.717, 1.165) is 17.0 Å². The molecule has 0 unspecified atom stereocenters. The van der Waals surface area contributed by atoms with Crippen LogP contribution >= 0.6 is 11.8 Å². The first kappa shape index (κ1) is 19.0. The number of nitrogens with zero attached hydrogens (tertiary/aromatic N) is 1. The summed E-state index contributed by atoms with van der Waals surface area (Å²) in [6, 6.07) is 4.29. The molecular weight excluding hydrogens is 354 g/mol. The van der Waals surface area contributed by atoms with Gasteiger partial charge in [-0.25, -0.2) is 0 Å². The van der Waals surface area contributed by atoms with E-state index in [-0.39, 0.29) is 23.2 Å². The van der Waals surface area contributed by atoms with Crippen molar-refractivity contribution in [1.29, 1.82) is 0 Å². The van der Waals surface area contributed by atoms with E-state index < -0.39 is 6.61 Å². The molecule has 25 heavy (non-hydrogen) atoms. The second kappa shape index (κ2) is 8.70. The van der Waals surface area contributed by atoms with Crippen molar-refractivity contribution < 1.29 is 27.6 Å². The van der Waals surface area contributed by atoms with Gasteiger partial charge in [0.2, 0.25) is 5.91 Å². The van der Waals surface area contributed by atoms with Gasteiger partial charge in [-0.1, -0.05) is 5.16 Å². The highest BCUT2D eigenvalue weighted by molar-refractivity contribution is 7.99. The molecule has 1 amide bonds. The van der Waals surface area contributed by atoms with E-state index in [9.17, 15) is 13.6 Å². The fraction of sp³-hybridized carbons (Fsp3) is 0.375. The number of carbonyl (C=O) groups is 1. The Morgan fingerprint density at radius 1 is 1.36 bits per heavy atom.